The monoisotopic (exact) mass is 326 g/mol. The minimum absolute atomic E-state index is 0.312. The Morgan fingerprint density at radius 3 is 2.37 bits per heavy atom. The molecule has 19 heavy (non-hydrogen) atoms. The van der Waals surface area contributed by atoms with Crippen molar-refractivity contribution in [1.82, 2.24) is 0 Å². The number of aryl methyl sites for hydroxylation is 1. The van der Waals surface area contributed by atoms with E-state index >= 15 is 0 Å². The highest BCUT2D eigenvalue weighted by molar-refractivity contribution is 9.10. The molecule has 0 saturated heterocycles. The molecule has 0 fully saturated rings. The van der Waals surface area contributed by atoms with Crippen molar-refractivity contribution < 1.29 is 5.11 Å². The quantitative estimate of drug-likeness (QED) is 0.557. The molecule has 1 unspecified atom stereocenters. The maximum absolute atomic E-state index is 10.2. The van der Waals surface area contributed by atoms with E-state index in [1.54, 1.807) is 0 Å². The van der Waals surface area contributed by atoms with Gasteiger partial charge in [0.2, 0.25) is 0 Å². The Labute approximate surface area is 126 Å². The maximum Gasteiger partial charge on any atom is 0.0793 e. The molecule has 0 spiro atoms. The van der Waals surface area contributed by atoms with E-state index in [0.717, 1.165) is 22.9 Å². The van der Waals surface area contributed by atoms with E-state index < -0.39 is 0 Å². The van der Waals surface area contributed by atoms with Crippen molar-refractivity contribution in [3.63, 3.8) is 0 Å². The Bertz CT molecular complexity index is 362. The average molecular weight is 327 g/mol. The number of rotatable bonds is 9. The summed E-state index contributed by atoms with van der Waals surface area (Å²) < 4.78 is 1.05. The van der Waals surface area contributed by atoms with Crippen molar-refractivity contribution in [2.45, 2.75) is 71.3 Å². The fourth-order valence-electron chi connectivity index (χ4n) is 2.42. The maximum atomic E-state index is 10.2. The molecule has 0 aromatic heterocycles. The predicted molar refractivity (Wildman–Crippen MR) is 86.4 cm³/mol. The number of benzene rings is 1. The molecule has 1 aromatic carbocycles. The van der Waals surface area contributed by atoms with Gasteiger partial charge in [0.15, 0.2) is 0 Å². The van der Waals surface area contributed by atoms with Gasteiger partial charge in [-0.25, -0.2) is 0 Å². The highest BCUT2D eigenvalue weighted by Gasteiger charge is 2.10. The third kappa shape index (κ3) is 6.58. The Kier molecular flexibility index (Phi) is 8.40. The van der Waals surface area contributed by atoms with Gasteiger partial charge in [-0.05, 0) is 36.6 Å². The lowest BCUT2D eigenvalue weighted by atomic mass is 9.98. The molecule has 0 bridgehead atoms. The summed E-state index contributed by atoms with van der Waals surface area (Å²) >= 11 is 3.47. The van der Waals surface area contributed by atoms with Crippen LogP contribution in [0.1, 0.15) is 75.5 Å². The van der Waals surface area contributed by atoms with Gasteiger partial charge in [-0.15, -0.1) is 0 Å². The van der Waals surface area contributed by atoms with E-state index in [1.807, 2.05) is 12.1 Å². The summed E-state index contributed by atoms with van der Waals surface area (Å²) in [6.45, 7) is 4.31. The van der Waals surface area contributed by atoms with Crippen LogP contribution in [-0.2, 0) is 0 Å². The van der Waals surface area contributed by atoms with Gasteiger partial charge in [-0.3, -0.25) is 0 Å². The van der Waals surface area contributed by atoms with Gasteiger partial charge in [0.1, 0.15) is 0 Å². The van der Waals surface area contributed by atoms with Crippen LogP contribution in [-0.4, -0.2) is 5.11 Å². The molecule has 0 aliphatic carbocycles. The van der Waals surface area contributed by atoms with E-state index in [2.05, 4.69) is 35.8 Å². The summed E-state index contributed by atoms with van der Waals surface area (Å²) in [6, 6.07) is 6.13. The van der Waals surface area contributed by atoms with Crippen LogP contribution in [0.2, 0.25) is 0 Å². The number of aliphatic hydroxyl groups is 1. The smallest absolute Gasteiger partial charge is 0.0793 e. The molecular formula is C17H27BrO. The molecule has 0 aliphatic rings. The zero-order chi connectivity index (χ0) is 14.1. The second kappa shape index (κ2) is 9.55. The SMILES string of the molecule is CCCCCCCCCC(O)c1cc(Br)ccc1C. The van der Waals surface area contributed by atoms with E-state index in [9.17, 15) is 5.11 Å². The zero-order valence-corrected chi connectivity index (χ0v) is 13.9. The van der Waals surface area contributed by atoms with Crippen LogP contribution in [0, 0.1) is 6.92 Å². The molecular weight excluding hydrogens is 300 g/mol. The number of aliphatic hydroxyl groups excluding tert-OH is 1. The predicted octanol–water partition coefficient (Wildman–Crippen LogP) is 5.93. The standard InChI is InChI=1S/C17H27BrO/c1-3-4-5-6-7-8-9-10-17(19)16-13-15(18)12-11-14(16)2/h11-13,17,19H,3-10H2,1-2H3. The van der Waals surface area contributed by atoms with Gasteiger partial charge < -0.3 is 5.11 Å². The molecule has 1 aromatic rings. The lowest BCUT2D eigenvalue weighted by Crippen LogP contribution is -2.00. The van der Waals surface area contributed by atoms with Crippen molar-refractivity contribution in [1.29, 1.82) is 0 Å². The number of hydrogen-bond acceptors (Lipinski definition) is 1. The van der Waals surface area contributed by atoms with Crippen LogP contribution in [0.3, 0.4) is 0 Å². The van der Waals surface area contributed by atoms with E-state index in [1.165, 1.54) is 44.1 Å². The average Bonchev–Trinajstić information content (AvgIpc) is 2.40. The van der Waals surface area contributed by atoms with Gasteiger partial charge >= 0.3 is 0 Å². The second-order valence-electron chi connectivity index (χ2n) is 5.43. The van der Waals surface area contributed by atoms with Crippen LogP contribution in [0.5, 0.6) is 0 Å². The lowest BCUT2D eigenvalue weighted by molar-refractivity contribution is 0.162. The van der Waals surface area contributed by atoms with Crippen molar-refractivity contribution in [2.24, 2.45) is 0 Å². The first kappa shape index (κ1) is 16.7. The van der Waals surface area contributed by atoms with E-state index in [4.69, 9.17) is 0 Å². The molecule has 0 aliphatic heterocycles. The van der Waals surface area contributed by atoms with Crippen LogP contribution < -0.4 is 0 Å². The van der Waals surface area contributed by atoms with Crippen molar-refractivity contribution >= 4 is 15.9 Å². The van der Waals surface area contributed by atoms with Crippen molar-refractivity contribution in [3.05, 3.63) is 33.8 Å². The summed E-state index contributed by atoms with van der Waals surface area (Å²) in [5, 5.41) is 10.2. The number of unbranched alkanes of at least 4 members (excludes halogenated alkanes) is 6. The summed E-state index contributed by atoms with van der Waals surface area (Å²) in [4.78, 5) is 0. The minimum atomic E-state index is -0.312. The Balaban J connectivity index is 2.23. The van der Waals surface area contributed by atoms with Crippen LogP contribution in [0.4, 0.5) is 0 Å². The zero-order valence-electron chi connectivity index (χ0n) is 12.3. The molecule has 0 heterocycles. The topological polar surface area (TPSA) is 20.2 Å². The first-order valence-electron chi connectivity index (χ1n) is 7.59. The molecule has 0 radical (unpaired) electrons. The van der Waals surface area contributed by atoms with E-state index in [-0.39, 0.29) is 6.10 Å². The van der Waals surface area contributed by atoms with Gasteiger partial charge in [0, 0.05) is 4.47 Å². The van der Waals surface area contributed by atoms with Crippen LogP contribution in [0.25, 0.3) is 0 Å². The number of hydrogen-bond donors (Lipinski definition) is 1. The molecule has 2 heteroatoms. The highest BCUT2D eigenvalue weighted by atomic mass is 79.9. The Hall–Kier alpha value is -0.340. The minimum Gasteiger partial charge on any atom is -0.388 e. The summed E-state index contributed by atoms with van der Waals surface area (Å²) in [5.41, 5.74) is 2.25. The summed E-state index contributed by atoms with van der Waals surface area (Å²) in [7, 11) is 0. The fraction of sp³-hybridized carbons (Fsp3) is 0.647. The lowest BCUT2D eigenvalue weighted by Gasteiger charge is -2.14. The molecule has 0 amide bonds. The molecule has 1 rings (SSSR count). The van der Waals surface area contributed by atoms with Crippen molar-refractivity contribution in [2.75, 3.05) is 0 Å². The van der Waals surface area contributed by atoms with E-state index in [0.29, 0.717) is 0 Å². The second-order valence-corrected chi connectivity index (χ2v) is 6.34. The fourth-order valence-corrected chi connectivity index (χ4v) is 2.80. The third-order valence-corrected chi connectivity index (χ3v) is 4.17. The highest BCUT2D eigenvalue weighted by Crippen LogP contribution is 2.26. The normalized spacial score (nSPS) is 12.6. The molecule has 1 N–H and O–H groups in total. The van der Waals surface area contributed by atoms with Crippen LogP contribution in [0.15, 0.2) is 22.7 Å². The first-order valence-corrected chi connectivity index (χ1v) is 8.38. The summed E-state index contributed by atoms with van der Waals surface area (Å²) in [5.74, 6) is 0. The summed E-state index contributed by atoms with van der Waals surface area (Å²) in [6.07, 6.45) is 9.63. The third-order valence-electron chi connectivity index (χ3n) is 3.68. The Morgan fingerprint density at radius 1 is 1.05 bits per heavy atom. The van der Waals surface area contributed by atoms with Gasteiger partial charge in [-0.2, -0.15) is 0 Å². The Morgan fingerprint density at radius 2 is 1.68 bits per heavy atom. The molecule has 0 saturated carbocycles. The van der Waals surface area contributed by atoms with Gasteiger partial charge in [0.25, 0.3) is 0 Å². The molecule has 108 valence electrons. The van der Waals surface area contributed by atoms with Crippen molar-refractivity contribution in [3.8, 4) is 0 Å². The number of halogens is 1. The largest absolute Gasteiger partial charge is 0.388 e. The molecule has 1 nitrogen and oxygen atoms in total. The van der Waals surface area contributed by atoms with Gasteiger partial charge in [-0.1, -0.05) is 73.9 Å². The van der Waals surface area contributed by atoms with Gasteiger partial charge in [0.05, 0.1) is 6.10 Å². The molecule has 1 atom stereocenters. The first-order chi connectivity index (χ1) is 9.15. The van der Waals surface area contributed by atoms with Crippen LogP contribution >= 0.6 is 15.9 Å².